The fourth-order valence-corrected chi connectivity index (χ4v) is 7.46. The standard InChI is InChI=1S/C37H43BrN8O8/c1-44-20-24(18-25(21-44)42-28-19-41-45(2)37(52)32(28)38)22-6-8-23(9-7-22)33(48)40-13-15-54-17-16-53-14-12-39-27-5-3-4-26-31(27)36(51)46(35(26)50)29-10-11-30(47)43-34(29)49/h3-9,19,24-25,29,39,42H,10-18,20-21H2,1-2H3,(H,40,48)(H,43,47,49)/t24-,25+,29?/m1/s1. The number of nitrogens with one attached hydrogen (secondary N) is 4. The minimum absolute atomic E-state index is 0.0543. The van der Waals surface area contributed by atoms with Crippen LogP contribution in [-0.4, -0.2) is 121 Å². The van der Waals surface area contributed by atoms with Crippen molar-refractivity contribution in [2.45, 2.75) is 37.3 Å². The molecule has 3 atom stereocenters. The number of piperidine rings is 2. The van der Waals surface area contributed by atoms with Crippen LogP contribution in [0.3, 0.4) is 0 Å². The summed E-state index contributed by atoms with van der Waals surface area (Å²) in [6, 6.07) is 11.6. The molecular weight excluding hydrogens is 764 g/mol. The summed E-state index contributed by atoms with van der Waals surface area (Å²) in [6.07, 6.45) is 2.66. The van der Waals surface area contributed by atoms with Crippen molar-refractivity contribution >= 4 is 56.8 Å². The number of imide groups is 2. The van der Waals surface area contributed by atoms with Crippen molar-refractivity contribution in [1.29, 1.82) is 0 Å². The number of rotatable bonds is 15. The molecule has 1 unspecified atom stereocenters. The number of carbonyl (C=O) groups excluding carboxylic acids is 5. The number of carbonyl (C=O) groups is 5. The van der Waals surface area contributed by atoms with Gasteiger partial charge in [-0.05, 0) is 71.6 Å². The van der Waals surface area contributed by atoms with Crippen LogP contribution < -0.4 is 26.8 Å². The van der Waals surface area contributed by atoms with Crippen molar-refractivity contribution in [2.24, 2.45) is 7.05 Å². The Kier molecular flexibility index (Phi) is 12.5. The molecular formula is C37H43BrN8O8. The largest absolute Gasteiger partial charge is 0.382 e. The summed E-state index contributed by atoms with van der Waals surface area (Å²) < 4.78 is 13.0. The number of fused-ring (bicyclic) bond motifs is 1. The van der Waals surface area contributed by atoms with Crippen LogP contribution in [0.5, 0.6) is 0 Å². The highest BCUT2D eigenvalue weighted by molar-refractivity contribution is 9.10. The average molecular weight is 808 g/mol. The van der Waals surface area contributed by atoms with Gasteiger partial charge in [0.1, 0.15) is 10.5 Å². The SMILES string of the molecule is CN1C[C@@H](Nc2cnn(C)c(=O)c2Br)C[C@@H](c2ccc(C(=O)NCCOCCOCCNc3cccc4c3C(=O)N(C3CCC(=O)NC3=O)C4=O)cc2)C1. The van der Waals surface area contributed by atoms with Gasteiger partial charge in [0, 0.05) is 56.9 Å². The Morgan fingerprint density at radius 3 is 2.41 bits per heavy atom. The van der Waals surface area contributed by atoms with Crippen LogP contribution in [0.2, 0.25) is 0 Å². The maximum atomic E-state index is 13.2. The number of amides is 5. The summed E-state index contributed by atoms with van der Waals surface area (Å²) in [4.78, 5) is 78.3. The van der Waals surface area contributed by atoms with Crippen molar-refractivity contribution in [2.75, 3.05) is 70.3 Å². The van der Waals surface area contributed by atoms with E-state index in [0.717, 1.165) is 30.0 Å². The second kappa shape index (κ2) is 17.4. The number of hydrogen-bond donors (Lipinski definition) is 4. The number of ether oxygens (including phenoxy) is 2. The molecule has 2 fully saturated rings. The molecule has 17 heteroatoms. The molecule has 3 aliphatic rings. The van der Waals surface area contributed by atoms with Gasteiger partial charge in [-0.2, -0.15) is 5.10 Å². The molecule has 0 saturated carbocycles. The summed E-state index contributed by atoms with van der Waals surface area (Å²) >= 11 is 3.39. The highest BCUT2D eigenvalue weighted by Gasteiger charge is 2.45. The Bertz CT molecular complexity index is 1970. The van der Waals surface area contributed by atoms with Gasteiger partial charge < -0.3 is 30.3 Å². The molecule has 4 heterocycles. The number of hydrogen-bond acceptors (Lipinski definition) is 12. The Balaban J connectivity index is 0.865. The van der Waals surface area contributed by atoms with Gasteiger partial charge >= 0.3 is 0 Å². The molecule has 2 saturated heterocycles. The van der Waals surface area contributed by atoms with E-state index in [0.29, 0.717) is 60.9 Å². The Labute approximate surface area is 320 Å². The van der Waals surface area contributed by atoms with Gasteiger partial charge in [0.05, 0.1) is 49.4 Å². The van der Waals surface area contributed by atoms with Gasteiger partial charge in [0.25, 0.3) is 23.3 Å². The first-order chi connectivity index (χ1) is 26.0. The van der Waals surface area contributed by atoms with Gasteiger partial charge in [0.2, 0.25) is 11.8 Å². The molecule has 6 rings (SSSR count). The third-order valence-corrected chi connectivity index (χ3v) is 10.4. The van der Waals surface area contributed by atoms with E-state index < -0.39 is 29.7 Å². The van der Waals surface area contributed by atoms with Crippen molar-refractivity contribution in [1.82, 2.24) is 30.2 Å². The molecule has 3 aliphatic heterocycles. The van der Waals surface area contributed by atoms with Crippen LogP contribution in [0.15, 0.2) is 57.9 Å². The van der Waals surface area contributed by atoms with Crippen molar-refractivity contribution in [3.63, 3.8) is 0 Å². The zero-order valence-electron chi connectivity index (χ0n) is 30.1. The van der Waals surface area contributed by atoms with Crippen LogP contribution in [0.25, 0.3) is 0 Å². The predicted molar refractivity (Wildman–Crippen MR) is 201 cm³/mol. The lowest BCUT2D eigenvalue weighted by atomic mass is 9.87. The lowest BCUT2D eigenvalue weighted by Crippen LogP contribution is -2.54. The minimum atomic E-state index is -1.03. The van der Waals surface area contributed by atoms with Gasteiger partial charge in [-0.25, -0.2) is 4.68 Å². The summed E-state index contributed by atoms with van der Waals surface area (Å²) in [7, 11) is 3.68. The monoisotopic (exact) mass is 806 g/mol. The van der Waals surface area contributed by atoms with E-state index in [9.17, 15) is 28.8 Å². The van der Waals surface area contributed by atoms with Crippen LogP contribution in [-0.2, 0) is 26.1 Å². The van der Waals surface area contributed by atoms with Gasteiger partial charge in [0.15, 0.2) is 0 Å². The molecule has 0 spiro atoms. The van der Waals surface area contributed by atoms with E-state index in [1.807, 2.05) is 24.3 Å². The number of halogens is 1. The molecule has 0 bridgehead atoms. The van der Waals surface area contributed by atoms with Gasteiger partial charge in [-0.15, -0.1) is 0 Å². The van der Waals surface area contributed by atoms with E-state index in [1.54, 1.807) is 31.4 Å². The topological polar surface area (TPSA) is 193 Å². The average Bonchev–Trinajstić information content (AvgIpc) is 3.41. The highest BCUT2D eigenvalue weighted by atomic mass is 79.9. The molecule has 2 aromatic carbocycles. The van der Waals surface area contributed by atoms with Crippen LogP contribution in [0.4, 0.5) is 11.4 Å². The predicted octanol–water partition coefficient (Wildman–Crippen LogP) is 1.72. The highest BCUT2D eigenvalue weighted by Crippen LogP contribution is 2.33. The number of aryl methyl sites for hydroxylation is 1. The molecule has 0 radical (unpaired) electrons. The van der Waals surface area contributed by atoms with Crippen molar-refractivity contribution < 1.29 is 33.4 Å². The smallest absolute Gasteiger partial charge is 0.282 e. The molecule has 1 aromatic heterocycles. The fourth-order valence-electron chi connectivity index (χ4n) is 6.98. The summed E-state index contributed by atoms with van der Waals surface area (Å²) in [5, 5.41) is 15.8. The number of aromatic nitrogens is 2. The van der Waals surface area contributed by atoms with E-state index in [4.69, 9.17) is 9.47 Å². The van der Waals surface area contributed by atoms with Gasteiger partial charge in [-0.3, -0.25) is 39.0 Å². The molecule has 0 aliphatic carbocycles. The quantitative estimate of drug-likeness (QED) is 0.129. The fraction of sp³-hybridized carbons (Fsp3) is 0.432. The Morgan fingerprint density at radius 1 is 0.926 bits per heavy atom. The molecule has 54 heavy (non-hydrogen) atoms. The maximum Gasteiger partial charge on any atom is 0.282 e. The van der Waals surface area contributed by atoms with E-state index in [1.165, 1.54) is 4.68 Å². The molecule has 16 nitrogen and oxygen atoms in total. The van der Waals surface area contributed by atoms with Crippen molar-refractivity contribution in [3.8, 4) is 0 Å². The second-order valence-corrected chi connectivity index (χ2v) is 14.3. The number of likely N-dealkylation sites (tertiary alicyclic amines) is 1. The third kappa shape index (κ3) is 8.86. The molecule has 4 N–H and O–H groups in total. The Morgan fingerprint density at radius 2 is 1.67 bits per heavy atom. The molecule has 286 valence electrons. The zero-order chi connectivity index (χ0) is 38.4. The Hall–Kier alpha value is -4.97. The zero-order valence-corrected chi connectivity index (χ0v) is 31.6. The first kappa shape index (κ1) is 38.7. The normalized spacial score (nSPS) is 20.1. The van der Waals surface area contributed by atoms with Crippen LogP contribution in [0, 0.1) is 0 Å². The van der Waals surface area contributed by atoms with E-state index in [2.05, 4.69) is 54.2 Å². The minimum Gasteiger partial charge on any atom is -0.382 e. The summed E-state index contributed by atoms with van der Waals surface area (Å²) in [5.41, 5.74) is 3.02. The van der Waals surface area contributed by atoms with E-state index >= 15 is 0 Å². The second-order valence-electron chi connectivity index (χ2n) is 13.5. The number of anilines is 2. The third-order valence-electron chi connectivity index (χ3n) is 9.65. The van der Waals surface area contributed by atoms with Crippen LogP contribution >= 0.6 is 15.9 Å². The maximum absolute atomic E-state index is 13.2. The first-order valence-corrected chi connectivity index (χ1v) is 18.6. The number of benzene rings is 2. The summed E-state index contributed by atoms with van der Waals surface area (Å²) in [5.74, 6) is -2.16. The van der Waals surface area contributed by atoms with Crippen molar-refractivity contribution in [3.05, 3.63) is 85.7 Å². The molecule has 3 aromatic rings. The lowest BCUT2D eigenvalue weighted by Gasteiger charge is -2.37. The van der Waals surface area contributed by atoms with Gasteiger partial charge in [-0.1, -0.05) is 18.2 Å². The number of likely N-dealkylation sites (N-methyl/N-ethyl adjacent to an activating group) is 1. The summed E-state index contributed by atoms with van der Waals surface area (Å²) in [6.45, 7) is 3.63. The molecule has 5 amide bonds. The first-order valence-electron chi connectivity index (χ1n) is 17.8. The van der Waals surface area contributed by atoms with Crippen LogP contribution in [0.1, 0.15) is 61.8 Å². The van der Waals surface area contributed by atoms with E-state index in [-0.39, 0.29) is 47.4 Å². The number of nitrogens with zero attached hydrogens (tertiary/aromatic N) is 4. The lowest BCUT2D eigenvalue weighted by molar-refractivity contribution is -0.136.